The van der Waals surface area contributed by atoms with E-state index in [1.54, 1.807) is 18.2 Å². The molecule has 1 aliphatic rings. The Morgan fingerprint density at radius 2 is 1.83 bits per heavy atom. The molecule has 0 bridgehead atoms. The second-order valence-electron chi connectivity index (χ2n) is 7.59. The fourth-order valence-electron chi connectivity index (χ4n) is 3.40. The molecule has 1 aliphatic heterocycles. The number of sulfonamides is 1. The normalized spacial score (nSPS) is 15.1. The van der Waals surface area contributed by atoms with Gasteiger partial charge in [0.05, 0.1) is 11.9 Å². The number of rotatable bonds is 6. The molecular formula is C21H27ClN4O3S. The highest BCUT2D eigenvalue weighted by atomic mass is 35.5. The largest absolute Gasteiger partial charge is 0.369 e. The van der Waals surface area contributed by atoms with E-state index in [4.69, 9.17) is 11.6 Å². The van der Waals surface area contributed by atoms with E-state index in [2.05, 4.69) is 22.2 Å². The van der Waals surface area contributed by atoms with Crippen LogP contribution in [0.3, 0.4) is 0 Å². The Hall–Kier alpha value is -2.29. The van der Waals surface area contributed by atoms with E-state index in [0.717, 1.165) is 48.0 Å². The Morgan fingerprint density at radius 3 is 2.43 bits per heavy atom. The van der Waals surface area contributed by atoms with Crippen LogP contribution in [0.25, 0.3) is 0 Å². The van der Waals surface area contributed by atoms with Gasteiger partial charge >= 0.3 is 0 Å². The Balaban J connectivity index is 1.71. The lowest BCUT2D eigenvalue weighted by molar-refractivity contribution is -0.114. The minimum absolute atomic E-state index is 0.334. The van der Waals surface area contributed by atoms with Crippen LogP contribution in [0.15, 0.2) is 42.5 Å². The summed E-state index contributed by atoms with van der Waals surface area (Å²) in [5, 5.41) is 3.23. The molecule has 2 aromatic carbocycles. The zero-order chi connectivity index (χ0) is 21.9. The lowest BCUT2D eigenvalue weighted by Crippen LogP contribution is -2.44. The smallest absolute Gasteiger partial charge is 0.245 e. The third-order valence-electron chi connectivity index (χ3n) is 5.14. The fourth-order valence-corrected chi connectivity index (χ4v) is 4.43. The topological polar surface area (TPSA) is 73.0 Å². The van der Waals surface area contributed by atoms with E-state index in [1.165, 1.54) is 6.07 Å². The number of hydrogen-bond acceptors (Lipinski definition) is 5. The molecule has 0 aromatic heterocycles. The molecule has 0 aliphatic carbocycles. The number of nitrogens with one attached hydrogen (secondary N) is 1. The molecular weight excluding hydrogens is 424 g/mol. The monoisotopic (exact) mass is 450 g/mol. The van der Waals surface area contributed by atoms with Crippen molar-refractivity contribution in [1.82, 2.24) is 4.90 Å². The van der Waals surface area contributed by atoms with Gasteiger partial charge in [-0.25, -0.2) is 8.42 Å². The maximum absolute atomic E-state index is 12.6. The first kappa shape index (κ1) is 22.4. The van der Waals surface area contributed by atoms with Crippen LogP contribution in [-0.2, 0) is 14.8 Å². The van der Waals surface area contributed by atoms with Crippen molar-refractivity contribution in [1.29, 1.82) is 0 Å². The van der Waals surface area contributed by atoms with Crippen molar-refractivity contribution in [3.05, 3.63) is 53.1 Å². The van der Waals surface area contributed by atoms with Gasteiger partial charge in [0, 0.05) is 42.6 Å². The highest BCUT2D eigenvalue weighted by Crippen LogP contribution is 2.25. The lowest BCUT2D eigenvalue weighted by atomic mass is 10.1. The van der Waals surface area contributed by atoms with Gasteiger partial charge in [0.25, 0.3) is 0 Å². The average molecular weight is 451 g/mol. The van der Waals surface area contributed by atoms with Gasteiger partial charge in [0.15, 0.2) is 0 Å². The number of nitrogens with zero attached hydrogens (tertiary/aromatic N) is 3. The molecule has 1 fully saturated rings. The first-order valence-corrected chi connectivity index (χ1v) is 11.9. The molecule has 1 N–H and O–H groups in total. The highest BCUT2D eigenvalue weighted by Gasteiger charge is 2.22. The summed E-state index contributed by atoms with van der Waals surface area (Å²) < 4.78 is 25.5. The van der Waals surface area contributed by atoms with Crippen molar-refractivity contribution >= 4 is 44.6 Å². The Labute approximate surface area is 183 Å². The molecule has 1 saturated heterocycles. The quantitative estimate of drug-likeness (QED) is 0.732. The molecule has 2 aromatic rings. The van der Waals surface area contributed by atoms with Crippen molar-refractivity contribution < 1.29 is 13.2 Å². The van der Waals surface area contributed by atoms with E-state index in [0.29, 0.717) is 16.4 Å². The van der Waals surface area contributed by atoms with Crippen molar-refractivity contribution in [2.45, 2.75) is 6.92 Å². The summed E-state index contributed by atoms with van der Waals surface area (Å²) in [6, 6.07) is 12.3. The SMILES string of the molecule is Cc1cc(N2CCN(C)CC2)ccc1NC(=O)CN(c1cccc(Cl)c1)S(C)(=O)=O. The number of carbonyl (C=O) groups excluding carboxylic acids is 1. The second kappa shape index (κ2) is 9.24. The number of likely N-dealkylation sites (N-methyl/N-ethyl adjacent to an activating group) is 1. The van der Waals surface area contributed by atoms with Gasteiger partial charge in [-0.05, 0) is 55.9 Å². The number of anilines is 3. The van der Waals surface area contributed by atoms with Crippen LogP contribution in [0.5, 0.6) is 0 Å². The maximum atomic E-state index is 12.6. The number of aryl methyl sites for hydroxylation is 1. The Morgan fingerprint density at radius 1 is 1.13 bits per heavy atom. The molecule has 3 rings (SSSR count). The van der Waals surface area contributed by atoms with Gasteiger partial charge in [-0.15, -0.1) is 0 Å². The van der Waals surface area contributed by atoms with Crippen molar-refractivity contribution in [3.63, 3.8) is 0 Å². The zero-order valence-corrected chi connectivity index (χ0v) is 19.0. The van der Waals surface area contributed by atoms with Crippen molar-refractivity contribution in [2.75, 3.05) is 60.5 Å². The molecule has 162 valence electrons. The van der Waals surface area contributed by atoms with Crippen LogP contribution in [0.2, 0.25) is 5.02 Å². The van der Waals surface area contributed by atoms with Crippen LogP contribution in [0, 0.1) is 6.92 Å². The third kappa shape index (κ3) is 5.65. The van der Waals surface area contributed by atoms with Gasteiger partial charge in [0.2, 0.25) is 15.9 Å². The minimum atomic E-state index is -3.65. The molecule has 9 heteroatoms. The summed E-state index contributed by atoms with van der Waals surface area (Å²) in [6.07, 6.45) is 1.07. The summed E-state index contributed by atoms with van der Waals surface area (Å²) in [4.78, 5) is 17.3. The third-order valence-corrected chi connectivity index (χ3v) is 6.51. The van der Waals surface area contributed by atoms with Crippen LogP contribution in [0.1, 0.15) is 5.56 Å². The molecule has 0 unspecified atom stereocenters. The Kier molecular flexibility index (Phi) is 6.90. The van der Waals surface area contributed by atoms with Crippen LogP contribution in [-0.4, -0.2) is 65.3 Å². The van der Waals surface area contributed by atoms with Crippen molar-refractivity contribution in [3.8, 4) is 0 Å². The number of piperazine rings is 1. The number of benzene rings is 2. The highest BCUT2D eigenvalue weighted by molar-refractivity contribution is 7.92. The summed E-state index contributed by atoms with van der Waals surface area (Å²) >= 11 is 5.98. The van der Waals surface area contributed by atoms with Gasteiger partial charge in [-0.3, -0.25) is 9.10 Å². The molecule has 7 nitrogen and oxygen atoms in total. The maximum Gasteiger partial charge on any atom is 0.245 e. The van der Waals surface area contributed by atoms with Crippen molar-refractivity contribution in [2.24, 2.45) is 0 Å². The van der Waals surface area contributed by atoms with E-state index in [9.17, 15) is 13.2 Å². The first-order chi connectivity index (χ1) is 14.1. The van der Waals surface area contributed by atoms with Gasteiger partial charge in [0.1, 0.15) is 6.54 Å². The van der Waals surface area contributed by atoms with E-state index in [1.807, 2.05) is 25.1 Å². The van der Waals surface area contributed by atoms with Crippen LogP contribution < -0.4 is 14.5 Å². The summed E-state index contributed by atoms with van der Waals surface area (Å²) in [7, 11) is -1.54. The lowest BCUT2D eigenvalue weighted by Gasteiger charge is -2.34. The van der Waals surface area contributed by atoms with Gasteiger partial charge < -0.3 is 15.1 Å². The average Bonchev–Trinajstić information content (AvgIpc) is 2.67. The second-order valence-corrected chi connectivity index (χ2v) is 9.93. The van der Waals surface area contributed by atoms with Gasteiger partial charge in [-0.2, -0.15) is 0 Å². The van der Waals surface area contributed by atoms with E-state index < -0.39 is 15.9 Å². The number of halogens is 1. The minimum Gasteiger partial charge on any atom is -0.369 e. The summed E-state index contributed by atoms with van der Waals surface area (Å²) in [6.45, 7) is 5.55. The zero-order valence-electron chi connectivity index (χ0n) is 17.4. The summed E-state index contributed by atoms with van der Waals surface area (Å²) in [5.74, 6) is -0.421. The van der Waals surface area contributed by atoms with Crippen LogP contribution in [0.4, 0.5) is 17.1 Å². The standard InChI is InChI=1S/C21H27ClN4O3S/c1-16-13-18(25-11-9-24(2)10-12-25)7-8-20(16)23-21(27)15-26(30(3,28)29)19-6-4-5-17(22)14-19/h4-8,13-14H,9-12,15H2,1-3H3,(H,23,27). The van der Waals surface area contributed by atoms with E-state index in [-0.39, 0.29) is 6.54 Å². The predicted octanol–water partition coefficient (Wildman–Crippen LogP) is 2.80. The molecule has 0 atom stereocenters. The predicted molar refractivity (Wildman–Crippen MR) is 123 cm³/mol. The first-order valence-electron chi connectivity index (χ1n) is 9.71. The molecule has 1 amide bonds. The number of carbonyl (C=O) groups is 1. The fraction of sp³-hybridized carbons (Fsp3) is 0.381. The molecule has 30 heavy (non-hydrogen) atoms. The Bertz CT molecular complexity index is 1020. The summed E-state index contributed by atoms with van der Waals surface area (Å²) in [5.41, 5.74) is 3.06. The van der Waals surface area contributed by atoms with E-state index >= 15 is 0 Å². The van der Waals surface area contributed by atoms with Crippen LogP contribution >= 0.6 is 11.6 Å². The molecule has 0 spiro atoms. The van der Waals surface area contributed by atoms with Gasteiger partial charge in [-0.1, -0.05) is 17.7 Å². The molecule has 0 radical (unpaired) electrons. The molecule has 1 heterocycles. The molecule has 0 saturated carbocycles. The number of amides is 1. The number of hydrogen-bond donors (Lipinski definition) is 1.